The van der Waals surface area contributed by atoms with Gasteiger partial charge in [0.05, 0.1) is 0 Å². The Kier molecular flexibility index (Phi) is 2.46. The van der Waals surface area contributed by atoms with E-state index < -0.39 is 34.7 Å². The Labute approximate surface area is 76.4 Å². The van der Waals surface area contributed by atoms with E-state index in [1.54, 1.807) is 0 Å². The van der Waals surface area contributed by atoms with Crippen LogP contribution in [0.15, 0.2) is 12.1 Å². The summed E-state index contributed by atoms with van der Waals surface area (Å²) in [5, 5.41) is 16.9. The van der Waals surface area contributed by atoms with Crippen molar-refractivity contribution in [3.05, 3.63) is 29.3 Å². The smallest absolute Gasteiger partial charge is 0.377 e. The van der Waals surface area contributed by atoms with Crippen LogP contribution in [0, 0.1) is 11.6 Å². The number of aliphatic carboxylic acids is 1. The number of benzene rings is 1. The number of carbonyl (C=O) groups excluding carboxylic acids is 1. The highest BCUT2D eigenvalue weighted by Crippen LogP contribution is 2.21. The van der Waals surface area contributed by atoms with E-state index in [2.05, 4.69) is 0 Å². The van der Waals surface area contributed by atoms with Gasteiger partial charge in [-0.25, -0.2) is 13.6 Å². The SMILES string of the molecule is O=C(O)C(=O)c1cc(F)c(O)c(F)c1. The fourth-order valence-corrected chi connectivity index (χ4v) is 0.820. The van der Waals surface area contributed by atoms with Gasteiger partial charge in [-0.05, 0) is 12.1 Å². The number of aromatic hydroxyl groups is 1. The first kappa shape index (κ1) is 10.1. The van der Waals surface area contributed by atoms with Crippen molar-refractivity contribution in [2.75, 3.05) is 0 Å². The number of carboxylic acids is 1. The van der Waals surface area contributed by atoms with Crippen LogP contribution >= 0.6 is 0 Å². The number of hydrogen-bond donors (Lipinski definition) is 2. The lowest BCUT2D eigenvalue weighted by molar-refractivity contribution is -0.131. The van der Waals surface area contributed by atoms with Gasteiger partial charge in [0.15, 0.2) is 17.4 Å². The lowest BCUT2D eigenvalue weighted by Gasteiger charge is -2.00. The molecule has 14 heavy (non-hydrogen) atoms. The van der Waals surface area contributed by atoms with Crippen molar-refractivity contribution in [2.45, 2.75) is 0 Å². The fourth-order valence-electron chi connectivity index (χ4n) is 0.820. The molecule has 74 valence electrons. The van der Waals surface area contributed by atoms with E-state index >= 15 is 0 Å². The standard InChI is InChI=1S/C8H4F2O4/c9-4-1-3(6(11)8(13)14)2-5(10)7(4)12/h1-2,12H,(H,13,14). The minimum absolute atomic E-state index is 0.453. The van der Waals surface area contributed by atoms with Crippen molar-refractivity contribution in [1.29, 1.82) is 0 Å². The van der Waals surface area contributed by atoms with Crippen LogP contribution in [0.4, 0.5) is 8.78 Å². The van der Waals surface area contributed by atoms with Crippen molar-refractivity contribution < 1.29 is 28.6 Å². The molecule has 0 aliphatic rings. The van der Waals surface area contributed by atoms with Gasteiger partial charge < -0.3 is 10.2 Å². The molecule has 0 amide bonds. The number of ketones is 1. The van der Waals surface area contributed by atoms with Crippen LogP contribution in [0.5, 0.6) is 5.75 Å². The molecule has 0 fully saturated rings. The highest BCUT2D eigenvalue weighted by molar-refractivity contribution is 6.39. The third-order valence-corrected chi connectivity index (χ3v) is 1.47. The van der Waals surface area contributed by atoms with E-state index in [0.717, 1.165) is 0 Å². The van der Waals surface area contributed by atoms with E-state index in [1.165, 1.54) is 0 Å². The number of Topliss-reactive ketones (excluding diaryl/α,β-unsaturated/α-hetero) is 1. The Morgan fingerprint density at radius 3 is 1.93 bits per heavy atom. The second kappa shape index (κ2) is 3.41. The fraction of sp³-hybridized carbons (Fsp3) is 0. The number of phenolic OH excluding ortho intramolecular Hbond substituents is 1. The molecule has 1 aromatic rings. The predicted octanol–water partition coefficient (Wildman–Crippen LogP) is 0.938. The lowest BCUT2D eigenvalue weighted by atomic mass is 10.1. The molecule has 0 saturated heterocycles. The van der Waals surface area contributed by atoms with Crippen LogP contribution in [0.3, 0.4) is 0 Å². The van der Waals surface area contributed by atoms with Crippen LogP contribution in [0.2, 0.25) is 0 Å². The van der Waals surface area contributed by atoms with Gasteiger partial charge in [-0.1, -0.05) is 0 Å². The van der Waals surface area contributed by atoms with Crippen LogP contribution in [-0.4, -0.2) is 22.0 Å². The zero-order valence-electron chi connectivity index (χ0n) is 6.62. The van der Waals surface area contributed by atoms with E-state index in [0.29, 0.717) is 12.1 Å². The number of phenols is 1. The third-order valence-electron chi connectivity index (χ3n) is 1.47. The summed E-state index contributed by atoms with van der Waals surface area (Å²) in [6, 6.07) is 0.906. The van der Waals surface area contributed by atoms with Gasteiger partial charge in [-0.2, -0.15) is 0 Å². The maximum atomic E-state index is 12.6. The molecule has 0 heterocycles. The zero-order chi connectivity index (χ0) is 10.9. The van der Waals surface area contributed by atoms with Crippen molar-refractivity contribution in [1.82, 2.24) is 0 Å². The molecule has 0 unspecified atom stereocenters. The Balaban J connectivity index is 3.26. The number of hydrogen-bond acceptors (Lipinski definition) is 3. The summed E-state index contributed by atoms with van der Waals surface area (Å²) in [6.45, 7) is 0. The summed E-state index contributed by atoms with van der Waals surface area (Å²) in [5.74, 6) is -7.27. The van der Waals surface area contributed by atoms with E-state index in [4.69, 9.17) is 10.2 Å². The lowest BCUT2D eigenvalue weighted by Crippen LogP contribution is -2.13. The van der Waals surface area contributed by atoms with Crippen molar-refractivity contribution >= 4 is 11.8 Å². The monoisotopic (exact) mass is 202 g/mol. The Hall–Kier alpha value is -1.98. The maximum Gasteiger partial charge on any atom is 0.377 e. The van der Waals surface area contributed by atoms with Gasteiger partial charge in [0.25, 0.3) is 5.78 Å². The molecule has 2 N–H and O–H groups in total. The first-order valence-corrected chi connectivity index (χ1v) is 3.39. The molecule has 6 heteroatoms. The van der Waals surface area contributed by atoms with Crippen molar-refractivity contribution in [3.8, 4) is 5.75 Å². The number of halogens is 2. The van der Waals surface area contributed by atoms with E-state index in [-0.39, 0.29) is 0 Å². The number of rotatable bonds is 2. The first-order valence-electron chi connectivity index (χ1n) is 3.39. The van der Waals surface area contributed by atoms with Gasteiger partial charge >= 0.3 is 5.97 Å². The molecule has 0 aromatic heterocycles. The summed E-state index contributed by atoms with van der Waals surface area (Å²) >= 11 is 0. The molecule has 0 bridgehead atoms. The van der Waals surface area contributed by atoms with Crippen LogP contribution in [0.25, 0.3) is 0 Å². The van der Waals surface area contributed by atoms with Crippen molar-refractivity contribution in [3.63, 3.8) is 0 Å². The van der Waals surface area contributed by atoms with E-state index in [1.807, 2.05) is 0 Å². The predicted molar refractivity (Wildman–Crippen MR) is 40.0 cm³/mol. The highest BCUT2D eigenvalue weighted by atomic mass is 19.1. The summed E-state index contributed by atoms with van der Waals surface area (Å²) in [6.07, 6.45) is 0. The number of carbonyl (C=O) groups is 2. The van der Waals surface area contributed by atoms with Crippen LogP contribution in [0.1, 0.15) is 10.4 Å². The molecule has 1 aromatic carbocycles. The highest BCUT2D eigenvalue weighted by Gasteiger charge is 2.19. The average molecular weight is 202 g/mol. The maximum absolute atomic E-state index is 12.6. The minimum Gasteiger partial charge on any atom is -0.503 e. The molecule has 0 saturated carbocycles. The molecule has 0 aliphatic carbocycles. The van der Waals surface area contributed by atoms with Crippen LogP contribution in [-0.2, 0) is 4.79 Å². The minimum atomic E-state index is -1.82. The quantitative estimate of drug-likeness (QED) is 0.552. The second-order valence-electron chi connectivity index (χ2n) is 2.42. The van der Waals surface area contributed by atoms with Gasteiger partial charge in [0.2, 0.25) is 0 Å². The largest absolute Gasteiger partial charge is 0.503 e. The summed E-state index contributed by atoms with van der Waals surface area (Å²) < 4.78 is 25.3. The Morgan fingerprint density at radius 2 is 1.57 bits per heavy atom. The normalized spacial score (nSPS) is 9.86. The Bertz CT molecular complexity index is 391. The Morgan fingerprint density at radius 1 is 1.14 bits per heavy atom. The molecule has 1 rings (SSSR count). The van der Waals surface area contributed by atoms with E-state index in [9.17, 15) is 18.4 Å². The topological polar surface area (TPSA) is 74.6 Å². The summed E-state index contributed by atoms with van der Waals surface area (Å²) in [4.78, 5) is 20.9. The van der Waals surface area contributed by atoms with Crippen LogP contribution < -0.4 is 0 Å². The zero-order valence-corrected chi connectivity index (χ0v) is 6.62. The number of carboxylic acid groups (broad SMARTS) is 1. The molecule has 0 spiro atoms. The van der Waals surface area contributed by atoms with Gasteiger partial charge in [0.1, 0.15) is 0 Å². The van der Waals surface area contributed by atoms with Gasteiger partial charge in [-0.3, -0.25) is 4.79 Å². The summed E-state index contributed by atoms with van der Waals surface area (Å²) in [7, 11) is 0. The molecule has 0 atom stereocenters. The molecule has 0 radical (unpaired) electrons. The van der Waals surface area contributed by atoms with Gasteiger partial charge in [-0.15, -0.1) is 0 Å². The molecule has 0 aliphatic heterocycles. The van der Waals surface area contributed by atoms with Crippen molar-refractivity contribution in [2.24, 2.45) is 0 Å². The summed E-state index contributed by atoms with van der Waals surface area (Å²) in [5.41, 5.74) is -0.662. The molecular weight excluding hydrogens is 198 g/mol. The van der Waals surface area contributed by atoms with Gasteiger partial charge in [0, 0.05) is 5.56 Å². The average Bonchev–Trinajstić information content (AvgIpc) is 2.12. The molecule has 4 nitrogen and oxygen atoms in total. The second-order valence-corrected chi connectivity index (χ2v) is 2.42. The third kappa shape index (κ3) is 1.68. The molecular formula is C8H4F2O4. The first-order chi connectivity index (χ1) is 6.43.